The van der Waals surface area contributed by atoms with E-state index in [0.717, 1.165) is 33.2 Å². The van der Waals surface area contributed by atoms with Gasteiger partial charge in [0.05, 0.1) is 22.4 Å². The van der Waals surface area contributed by atoms with Crippen LogP contribution in [0.2, 0.25) is 0 Å². The molecule has 0 aliphatic rings. The van der Waals surface area contributed by atoms with Gasteiger partial charge in [0.25, 0.3) is 0 Å². The lowest BCUT2D eigenvalue weighted by Gasteiger charge is -2.29. The number of aromatic nitrogens is 2. The second-order valence-electron chi connectivity index (χ2n) is 15.9. The van der Waals surface area contributed by atoms with E-state index in [1.165, 1.54) is 66.1 Å². The topological polar surface area (TPSA) is 25.8 Å². The Morgan fingerprint density at radius 1 is 0.389 bits per heavy atom. The molecule has 0 radical (unpaired) electrons. The summed E-state index contributed by atoms with van der Waals surface area (Å²) in [5.74, 6) is 0. The van der Waals surface area contributed by atoms with Crippen LogP contribution in [-0.2, 0) is 10.8 Å². The van der Waals surface area contributed by atoms with E-state index in [9.17, 15) is 0 Å². The molecule has 0 fully saturated rings. The summed E-state index contributed by atoms with van der Waals surface area (Å²) in [5, 5.41) is 7.30. The minimum absolute atomic E-state index is 0.412. The highest BCUT2D eigenvalue weighted by atomic mass is 14.8. The van der Waals surface area contributed by atoms with Gasteiger partial charge in [-0.25, -0.2) is 9.97 Å². The zero-order chi connectivity index (χ0) is 37.2. The van der Waals surface area contributed by atoms with Crippen molar-refractivity contribution < 1.29 is 0 Å². The highest BCUT2D eigenvalue weighted by Gasteiger charge is 2.31. The summed E-state index contributed by atoms with van der Waals surface area (Å²) in [6.07, 6.45) is 0. The molecule has 0 unspecified atom stereocenters. The number of nitrogens with zero attached hydrogens (tertiary/aromatic N) is 2. The minimum atomic E-state index is -0.412. The average Bonchev–Trinajstić information content (AvgIpc) is 3.20. The van der Waals surface area contributed by atoms with Gasteiger partial charge in [0.1, 0.15) is 0 Å². The predicted molar refractivity (Wildman–Crippen MR) is 230 cm³/mol. The van der Waals surface area contributed by atoms with Crippen molar-refractivity contribution in [3.8, 4) is 22.3 Å². The molecule has 54 heavy (non-hydrogen) atoms. The van der Waals surface area contributed by atoms with Gasteiger partial charge < -0.3 is 0 Å². The number of aryl methyl sites for hydroxylation is 2. The van der Waals surface area contributed by atoms with Crippen LogP contribution in [-0.4, -0.2) is 9.97 Å². The Morgan fingerprint density at radius 3 is 1.15 bits per heavy atom. The Hall–Kier alpha value is -6.12. The lowest BCUT2D eigenvalue weighted by atomic mass is 9.76. The summed E-state index contributed by atoms with van der Waals surface area (Å²) in [6.45, 7) is 13.7. The number of rotatable bonds is 6. The highest BCUT2D eigenvalue weighted by Crippen LogP contribution is 2.44. The smallest absolute Gasteiger partial charge is 0.0974 e. The van der Waals surface area contributed by atoms with Crippen LogP contribution < -0.4 is 0 Å². The van der Waals surface area contributed by atoms with Gasteiger partial charge in [0.15, 0.2) is 0 Å². The predicted octanol–water partition coefficient (Wildman–Crippen LogP) is 13.7. The Bertz CT molecular complexity index is 2670. The number of fused-ring (bicyclic) bond motifs is 5. The van der Waals surface area contributed by atoms with Crippen molar-refractivity contribution in [2.24, 2.45) is 0 Å². The van der Waals surface area contributed by atoms with Crippen LogP contribution >= 0.6 is 0 Å². The van der Waals surface area contributed by atoms with Crippen LogP contribution in [0.5, 0.6) is 0 Å². The Kier molecular flexibility index (Phi) is 7.97. The molecule has 9 rings (SSSR count). The molecule has 0 amide bonds. The normalized spacial score (nSPS) is 12.3. The molecular weight excluding hydrogens is 653 g/mol. The van der Waals surface area contributed by atoms with E-state index in [4.69, 9.17) is 9.97 Å². The van der Waals surface area contributed by atoms with E-state index in [2.05, 4.69) is 199 Å². The fraction of sp³-hybridized carbons (Fsp3) is 0.154. The van der Waals surface area contributed by atoms with Crippen molar-refractivity contribution in [2.75, 3.05) is 0 Å². The summed E-state index contributed by atoms with van der Waals surface area (Å²) in [4.78, 5) is 11.4. The molecule has 0 spiro atoms. The largest absolute Gasteiger partial charge is 0.250 e. The molecule has 0 saturated carbocycles. The molecule has 0 aliphatic heterocycles. The van der Waals surface area contributed by atoms with Crippen LogP contribution in [0.25, 0.3) is 65.6 Å². The Morgan fingerprint density at radius 2 is 0.759 bits per heavy atom. The molecule has 0 atom stereocenters. The van der Waals surface area contributed by atoms with Crippen molar-refractivity contribution in [3.05, 3.63) is 191 Å². The molecule has 262 valence electrons. The Balaban J connectivity index is 1.39. The van der Waals surface area contributed by atoms with Gasteiger partial charge in [-0.3, -0.25) is 0 Å². The molecule has 2 heterocycles. The minimum Gasteiger partial charge on any atom is -0.250 e. The van der Waals surface area contributed by atoms with E-state index in [1.807, 2.05) is 0 Å². The molecule has 0 bridgehead atoms. The maximum absolute atomic E-state index is 5.71. The molecule has 7 aromatic carbocycles. The van der Waals surface area contributed by atoms with E-state index < -0.39 is 10.8 Å². The molecule has 0 N–H and O–H groups in total. The second kappa shape index (κ2) is 12.8. The molecular formula is C52H44N2. The van der Waals surface area contributed by atoms with Gasteiger partial charge in [0.2, 0.25) is 0 Å². The van der Waals surface area contributed by atoms with Crippen molar-refractivity contribution in [1.29, 1.82) is 0 Å². The number of hydrogen-bond donors (Lipinski definition) is 0. The van der Waals surface area contributed by atoms with E-state index in [1.54, 1.807) is 0 Å². The monoisotopic (exact) mass is 696 g/mol. The van der Waals surface area contributed by atoms with Crippen LogP contribution in [0.1, 0.15) is 61.3 Å². The molecule has 2 heteroatoms. The number of pyridine rings is 2. The quantitative estimate of drug-likeness (QED) is 0.162. The highest BCUT2D eigenvalue weighted by molar-refractivity contribution is 6.12. The number of benzene rings is 7. The fourth-order valence-electron chi connectivity index (χ4n) is 8.70. The standard InChI is InChI=1S/C52H44N2/c1-33-17-13-23-37-25-15-27-43(47(33)37)51(3,4)45-31-41(35-19-9-7-10-20-35)39-29-30-40-42(36-21-11-8-12-22-36)32-46(54-50(40)49(39)53-45)52(5,6)44-28-16-26-38-24-14-18-34(2)48(38)44/h7-32H,1-6H3. The van der Waals surface area contributed by atoms with Crippen molar-refractivity contribution >= 4 is 43.4 Å². The summed E-state index contributed by atoms with van der Waals surface area (Å²) in [6, 6.07) is 57.2. The maximum atomic E-state index is 5.71. The first-order valence-corrected chi connectivity index (χ1v) is 19.0. The molecule has 2 nitrogen and oxygen atoms in total. The third-order valence-corrected chi connectivity index (χ3v) is 11.8. The van der Waals surface area contributed by atoms with Gasteiger partial charge in [-0.05, 0) is 92.0 Å². The van der Waals surface area contributed by atoms with Crippen LogP contribution in [0, 0.1) is 13.8 Å². The Labute approximate surface area is 318 Å². The van der Waals surface area contributed by atoms with Gasteiger partial charge in [-0.15, -0.1) is 0 Å². The summed E-state index contributed by atoms with van der Waals surface area (Å²) < 4.78 is 0. The first-order valence-electron chi connectivity index (χ1n) is 19.0. The van der Waals surface area contributed by atoms with Crippen molar-refractivity contribution in [1.82, 2.24) is 9.97 Å². The van der Waals surface area contributed by atoms with E-state index >= 15 is 0 Å². The third kappa shape index (κ3) is 5.39. The zero-order valence-electron chi connectivity index (χ0n) is 31.9. The fourth-order valence-corrected chi connectivity index (χ4v) is 8.70. The molecule has 2 aromatic heterocycles. The van der Waals surface area contributed by atoms with Crippen LogP contribution in [0.15, 0.2) is 158 Å². The van der Waals surface area contributed by atoms with Gasteiger partial charge in [-0.2, -0.15) is 0 Å². The van der Waals surface area contributed by atoms with Crippen molar-refractivity contribution in [2.45, 2.75) is 52.4 Å². The van der Waals surface area contributed by atoms with Gasteiger partial charge in [-0.1, -0.05) is 173 Å². The van der Waals surface area contributed by atoms with E-state index in [-0.39, 0.29) is 0 Å². The van der Waals surface area contributed by atoms with E-state index in [0.29, 0.717) is 0 Å². The summed E-state index contributed by atoms with van der Waals surface area (Å²) in [7, 11) is 0. The lowest BCUT2D eigenvalue weighted by Crippen LogP contribution is -2.22. The first kappa shape index (κ1) is 33.7. The summed E-state index contributed by atoms with van der Waals surface area (Å²) >= 11 is 0. The zero-order valence-corrected chi connectivity index (χ0v) is 31.9. The van der Waals surface area contributed by atoms with Gasteiger partial charge >= 0.3 is 0 Å². The number of hydrogen-bond acceptors (Lipinski definition) is 2. The van der Waals surface area contributed by atoms with Gasteiger partial charge in [0, 0.05) is 21.6 Å². The van der Waals surface area contributed by atoms with Crippen LogP contribution in [0.4, 0.5) is 0 Å². The molecule has 0 aliphatic carbocycles. The maximum Gasteiger partial charge on any atom is 0.0974 e. The SMILES string of the molecule is Cc1cccc2cccc(C(C)(C)c3cc(-c4ccccc4)c4ccc5c(-c6ccccc6)cc(C(C)(C)c6cccc7cccc(C)c67)nc5c4n3)c12. The summed E-state index contributed by atoms with van der Waals surface area (Å²) in [5.41, 5.74) is 12.8. The van der Waals surface area contributed by atoms with Crippen LogP contribution in [0.3, 0.4) is 0 Å². The van der Waals surface area contributed by atoms with Crippen molar-refractivity contribution in [3.63, 3.8) is 0 Å². The molecule has 0 saturated heterocycles. The lowest BCUT2D eigenvalue weighted by molar-refractivity contribution is 0.624. The third-order valence-electron chi connectivity index (χ3n) is 11.8. The molecule has 9 aromatic rings. The second-order valence-corrected chi connectivity index (χ2v) is 15.9. The first-order chi connectivity index (χ1) is 26.1. The average molecular weight is 697 g/mol.